The van der Waals surface area contributed by atoms with Gasteiger partial charge in [0.1, 0.15) is 0 Å². The van der Waals surface area contributed by atoms with Crippen molar-refractivity contribution in [3.05, 3.63) is 34.4 Å². The highest BCUT2D eigenvalue weighted by Crippen LogP contribution is 2.27. The molecule has 1 saturated heterocycles. The third-order valence-corrected chi connectivity index (χ3v) is 4.27. The van der Waals surface area contributed by atoms with E-state index in [0.717, 1.165) is 31.4 Å². The van der Waals surface area contributed by atoms with Crippen molar-refractivity contribution in [3.8, 4) is 0 Å². The molecule has 2 unspecified atom stereocenters. The van der Waals surface area contributed by atoms with Gasteiger partial charge in [0.2, 0.25) is 0 Å². The lowest BCUT2D eigenvalue weighted by molar-refractivity contribution is 0.0944. The van der Waals surface area contributed by atoms with Crippen molar-refractivity contribution in [1.82, 2.24) is 0 Å². The van der Waals surface area contributed by atoms with E-state index in [1.54, 1.807) is 0 Å². The van der Waals surface area contributed by atoms with Crippen molar-refractivity contribution in [3.63, 3.8) is 0 Å². The van der Waals surface area contributed by atoms with Gasteiger partial charge in [0, 0.05) is 6.61 Å². The number of benzene rings is 1. The summed E-state index contributed by atoms with van der Waals surface area (Å²) >= 11 is 0. The first kappa shape index (κ1) is 14.5. The van der Waals surface area contributed by atoms with Gasteiger partial charge >= 0.3 is 0 Å². The molecule has 1 aliphatic heterocycles. The molecule has 0 bridgehead atoms. The summed E-state index contributed by atoms with van der Waals surface area (Å²) in [6, 6.07) is 4.31. The minimum atomic E-state index is -0.333. The van der Waals surface area contributed by atoms with E-state index < -0.39 is 0 Å². The highest BCUT2D eigenvalue weighted by Gasteiger charge is 2.17. The number of aliphatic hydroxyl groups is 1. The van der Waals surface area contributed by atoms with Crippen LogP contribution in [0.25, 0.3) is 0 Å². The molecule has 106 valence electrons. The van der Waals surface area contributed by atoms with Crippen LogP contribution in [0.5, 0.6) is 0 Å². The maximum absolute atomic E-state index is 10.3. The topological polar surface area (TPSA) is 29.5 Å². The molecule has 0 aromatic heterocycles. The Labute approximate surface area is 116 Å². The summed E-state index contributed by atoms with van der Waals surface area (Å²) in [7, 11) is 0. The first-order valence-corrected chi connectivity index (χ1v) is 7.45. The van der Waals surface area contributed by atoms with Gasteiger partial charge in [-0.05, 0) is 75.1 Å². The van der Waals surface area contributed by atoms with Crippen LogP contribution in [0.4, 0.5) is 0 Å². The zero-order chi connectivity index (χ0) is 13.8. The zero-order valence-electron chi connectivity index (χ0n) is 12.4. The second-order valence-electron chi connectivity index (χ2n) is 5.87. The first-order valence-electron chi connectivity index (χ1n) is 7.45. The second kappa shape index (κ2) is 6.53. The van der Waals surface area contributed by atoms with Crippen LogP contribution in [0.1, 0.15) is 60.5 Å². The van der Waals surface area contributed by atoms with Gasteiger partial charge in [-0.3, -0.25) is 0 Å². The highest BCUT2D eigenvalue weighted by atomic mass is 16.5. The number of hydrogen-bond donors (Lipinski definition) is 1. The van der Waals surface area contributed by atoms with Crippen LogP contribution >= 0.6 is 0 Å². The van der Waals surface area contributed by atoms with E-state index in [9.17, 15) is 5.11 Å². The fourth-order valence-corrected chi connectivity index (χ4v) is 2.91. The Hall–Kier alpha value is -0.860. The van der Waals surface area contributed by atoms with Crippen LogP contribution < -0.4 is 0 Å². The van der Waals surface area contributed by atoms with Gasteiger partial charge in [-0.1, -0.05) is 12.1 Å². The summed E-state index contributed by atoms with van der Waals surface area (Å²) in [6.07, 6.45) is 5.46. The molecular formula is C17H26O2. The van der Waals surface area contributed by atoms with Crippen molar-refractivity contribution in [2.24, 2.45) is 0 Å². The van der Waals surface area contributed by atoms with Gasteiger partial charge < -0.3 is 9.84 Å². The summed E-state index contributed by atoms with van der Waals surface area (Å²) < 4.78 is 5.62. The molecule has 2 atom stereocenters. The number of hydrogen-bond acceptors (Lipinski definition) is 2. The number of aryl methyl sites for hydroxylation is 3. The highest BCUT2D eigenvalue weighted by molar-refractivity contribution is 5.37. The Morgan fingerprint density at radius 3 is 2.63 bits per heavy atom. The molecule has 0 spiro atoms. The third kappa shape index (κ3) is 3.80. The molecule has 0 radical (unpaired) electrons. The second-order valence-corrected chi connectivity index (χ2v) is 5.87. The lowest BCUT2D eigenvalue weighted by atomic mass is 9.94. The van der Waals surface area contributed by atoms with Crippen molar-refractivity contribution >= 4 is 0 Å². The SMILES string of the molecule is Cc1cc(C)c(C(O)CCCC2CCCO2)cc1C. The largest absolute Gasteiger partial charge is 0.388 e. The fourth-order valence-electron chi connectivity index (χ4n) is 2.91. The molecule has 0 aliphatic carbocycles. The third-order valence-electron chi connectivity index (χ3n) is 4.27. The average molecular weight is 262 g/mol. The van der Waals surface area contributed by atoms with E-state index in [1.165, 1.54) is 29.5 Å². The van der Waals surface area contributed by atoms with Crippen LogP contribution in [0.15, 0.2) is 12.1 Å². The average Bonchev–Trinajstić information content (AvgIpc) is 2.86. The van der Waals surface area contributed by atoms with Crippen molar-refractivity contribution in [1.29, 1.82) is 0 Å². The van der Waals surface area contributed by atoms with Gasteiger partial charge in [0.05, 0.1) is 12.2 Å². The van der Waals surface area contributed by atoms with E-state index >= 15 is 0 Å². The zero-order valence-corrected chi connectivity index (χ0v) is 12.4. The van der Waals surface area contributed by atoms with Crippen molar-refractivity contribution in [2.75, 3.05) is 6.61 Å². The first-order chi connectivity index (χ1) is 9.08. The quantitative estimate of drug-likeness (QED) is 0.869. The molecule has 2 rings (SSSR count). The van der Waals surface area contributed by atoms with Gasteiger partial charge in [0.15, 0.2) is 0 Å². The molecule has 1 aromatic carbocycles. The molecule has 0 saturated carbocycles. The predicted molar refractivity (Wildman–Crippen MR) is 78.4 cm³/mol. The minimum absolute atomic E-state index is 0.333. The molecular weight excluding hydrogens is 236 g/mol. The van der Waals surface area contributed by atoms with E-state index in [0.29, 0.717) is 6.10 Å². The molecule has 19 heavy (non-hydrogen) atoms. The van der Waals surface area contributed by atoms with Crippen LogP contribution in [-0.2, 0) is 4.74 Å². The Bertz CT molecular complexity index is 420. The van der Waals surface area contributed by atoms with E-state index in [2.05, 4.69) is 32.9 Å². The molecule has 0 amide bonds. The van der Waals surface area contributed by atoms with Crippen molar-refractivity contribution in [2.45, 2.75) is 65.1 Å². The molecule has 2 nitrogen and oxygen atoms in total. The van der Waals surface area contributed by atoms with E-state index in [4.69, 9.17) is 4.74 Å². The monoisotopic (exact) mass is 262 g/mol. The smallest absolute Gasteiger partial charge is 0.0792 e. The molecule has 1 aromatic rings. The van der Waals surface area contributed by atoms with Crippen molar-refractivity contribution < 1.29 is 9.84 Å². The summed E-state index contributed by atoms with van der Waals surface area (Å²) in [5.74, 6) is 0. The van der Waals surface area contributed by atoms with E-state index in [-0.39, 0.29) is 6.10 Å². The Morgan fingerprint density at radius 1 is 1.21 bits per heavy atom. The molecule has 2 heteroatoms. The lowest BCUT2D eigenvalue weighted by Gasteiger charge is -2.17. The Kier molecular flexibility index (Phi) is 5.00. The van der Waals surface area contributed by atoms with Crippen LogP contribution in [0, 0.1) is 20.8 Å². The van der Waals surface area contributed by atoms with Gasteiger partial charge in [-0.15, -0.1) is 0 Å². The Balaban J connectivity index is 1.88. The van der Waals surface area contributed by atoms with Gasteiger partial charge in [-0.2, -0.15) is 0 Å². The van der Waals surface area contributed by atoms with Crippen LogP contribution in [-0.4, -0.2) is 17.8 Å². The lowest BCUT2D eigenvalue weighted by Crippen LogP contribution is -2.07. The summed E-state index contributed by atoms with van der Waals surface area (Å²) in [5, 5.41) is 10.3. The predicted octanol–water partition coefficient (Wildman–Crippen LogP) is 3.99. The van der Waals surface area contributed by atoms with Crippen LogP contribution in [0.3, 0.4) is 0 Å². The standard InChI is InChI=1S/C17H26O2/c1-12-10-14(3)16(11-13(12)2)17(18)8-4-6-15-7-5-9-19-15/h10-11,15,17-18H,4-9H2,1-3H3. The van der Waals surface area contributed by atoms with Gasteiger partial charge in [-0.25, -0.2) is 0 Å². The molecule has 1 fully saturated rings. The maximum atomic E-state index is 10.3. The van der Waals surface area contributed by atoms with Crippen LogP contribution in [0.2, 0.25) is 0 Å². The summed E-state index contributed by atoms with van der Waals surface area (Å²) in [5.41, 5.74) is 4.86. The molecule has 1 heterocycles. The van der Waals surface area contributed by atoms with E-state index in [1.807, 2.05) is 0 Å². The normalized spacial score (nSPS) is 20.7. The van der Waals surface area contributed by atoms with Gasteiger partial charge in [0.25, 0.3) is 0 Å². The number of ether oxygens (including phenoxy) is 1. The molecule has 1 N–H and O–H groups in total. The Morgan fingerprint density at radius 2 is 1.95 bits per heavy atom. The number of rotatable bonds is 5. The number of aliphatic hydroxyl groups excluding tert-OH is 1. The molecule has 1 aliphatic rings. The summed E-state index contributed by atoms with van der Waals surface area (Å²) in [4.78, 5) is 0. The fraction of sp³-hybridized carbons (Fsp3) is 0.647. The minimum Gasteiger partial charge on any atom is -0.388 e. The summed E-state index contributed by atoms with van der Waals surface area (Å²) in [6.45, 7) is 7.24. The maximum Gasteiger partial charge on any atom is 0.0792 e.